The molecule has 1 aromatic heterocycles. The van der Waals surface area contributed by atoms with Crippen molar-refractivity contribution in [3.05, 3.63) is 53.6 Å². The van der Waals surface area contributed by atoms with Crippen molar-refractivity contribution in [2.45, 2.75) is 51.5 Å². The van der Waals surface area contributed by atoms with E-state index in [1.54, 1.807) is 25.3 Å². The Morgan fingerprint density at radius 3 is 2.50 bits per heavy atom. The second-order valence-electron chi connectivity index (χ2n) is 8.61. The first kappa shape index (κ1) is 20.6. The number of carbonyl (C=O) groups excluding carboxylic acids is 2. The minimum Gasteiger partial charge on any atom is -0.343 e. The van der Waals surface area contributed by atoms with E-state index >= 15 is 0 Å². The number of benzene rings is 1. The second-order valence-corrected chi connectivity index (χ2v) is 8.61. The molecule has 2 aliphatic rings. The smallest absolute Gasteiger partial charge is 0.229 e. The normalized spacial score (nSPS) is 21.5. The molecule has 0 unspecified atom stereocenters. The van der Waals surface area contributed by atoms with Crippen LogP contribution in [-0.4, -0.2) is 51.4 Å². The molecule has 2 fully saturated rings. The number of hydrogen-bond acceptors (Lipinski definition) is 3. The van der Waals surface area contributed by atoms with E-state index in [0.29, 0.717) is 32.4 Å². The summed E-state index contributed by atoms with van der Waals surface area (Å²) in [6.45, 7) is 3.45. The predicted octanol–water partition coefficient (Wildman–Crippen LogP) is 3.47. The molecule has 0 aliphatic carbocycles. The predicted molar refractivity (Wildman–Crippen MR) is 111 cm³/mol. The molecule has 2 aliphatic heterocycles. The van der Waals surface area contributed by atoms with Crippen LogP contribution in [0.4, 0.5) is 4.39 Å². The second kappa shape index (κ2) is 8.58. The first-order valence-corrected chi connectivity index (χ1v) is 10.8. The summed E-state index contributed by atoms with van der Waals surface area (Å²) in [5, 5.41) is 7.13. The molecular formula is C23H29FN4O2. The fourth-order valence-corrected chi connectivity index (χ4v) is 4.96. The Bertz CT molecular complexity index is 873. The molecule has 1 atom stereocenters. The number of halogens is 1. The van der Waals surface area contributed by atoms with Crippen LogP contribution in [0.25, 0.3) is 0 Å². The van der Waals surface area contributed by atoms with Gasteiger partial charge in [0.1, 0.15) is 5.82 Å². The molecule has 3 heterocycles. The Hall–Kier alpha value is -2.70. The van der Waals surface area contributed by atoms with Gasteiger partial charge in [0.2, 0.25) is 11.8 Å². The maximum Gasteiger partial charge on any atom is 0.229 e. The van der Waals surface area contributed by atoms with Crippen molar-refractivity contribution >= 4 is 11.8 Å². The SMILES string of the molecule is CC(=O)N1CCC(Cc2ccc(F)cc2)(C(=O)N2CCCC[C@H]2c2ccn[nH]2)CC1. The summed E-state index contributed by atoms with van der Waals surface area (Å²) < 4.78 is 13.4. The van der Waals surface area contributed by atoms with Gasteiger partial charge in [-0.05, 0) is 62.3 Å². The van der Waals surface area contributed by atoms with Gasteiger partial charge in [-0.3, -0.25) is 14.7 Å². The molecule has 0 saturated carbocycles. The summed E-state index contributed by atoms with van der Waals surface area (Å²) >= 11 is 0. The van der Waals surface area contributed by atoms with E-state index in [2.05, 4.69) is 10.2 Å². The molecule has 0 bridgehead atoms. The van der Waals surface area contributed by atoms with Crippen LogP contribution in [0.3, 0.4) is 0 Å². The largest absolute Gasteiger partial charge is 0.343 e. The standard InChI is InChI=1S/C23H29FN4O2/c1-17(29)27-14-10-23(11-15-27,16-18-5-7-19(24)8-6-18)22(30)28-13-3-2-4-21(28)20-9-12-25-26-20/h5-9,12,21H,2-4,10-11,13-16H2,1H3,(H,25,26)/t21-/m0/s1. The molecule has 2 saturated heterocycles. The molecule has 4 rings (SSSR count). The van der Waals surface area contributed by atoms with Crippen molar-refractivity contribution in [1.29, 1.82) is 0 Å². The van der Waals surface area contributed by atoms with E-state index in [9.17, 15) is 14.0 Å². The lowest BCUT2D eigenvalue weighted by molar-refractivity contribution is -0.151. The average molecular weight is 413 g/mol. The van der Waals surface area contributed by atoms with Crippen molar-refractivity contribution in [1.82, 2.24) is 20.0 Å². The van der Waals surface area contributed by atoms with Crippen molar-refractivity contribution < 1.29 is 14.0 Å². The Kier molecular flexibility index (Phi) is 5.88. The zero-order chi connectivity index (χ0) is 21.1. The highest BCUT2D eigenvalue weighted by Gasteiger charge is 2.46. The first-order chi connectivity index (χ1) is 14.5. The molecule has 2 amide bonds. The van der Waals surface area contributed by atoms with E-state index in [4.69, 9.17) is 0 Å². The molecule has 1 aromatic carbocycles. The summed E-state index contributed by atoms with van der Waals surface area (Å²) in [6.07, 6.45) is 6.51. The monoisotopic (exact) mass is 412 g/mol. The first-order valence-electron chi connectivity index (χ1n) is 10.8. The van der Waals surface area contributed by atoms with Crippen LogP contribution in [0.5, 0.6) is 0 Å². The van der Waals surface area contributed by atoms with E-state index < -0.39 is 5.41 Å². The van der Waals surface area contributed by atoms with E-state index in [1.807, 2.05) is 15.9 Å². The molecule has 160 valence electrons. The minimum atomic E-state index is -0.584. The van der Waals surface area contributed by atoms with Gasteiger partial charge in [0.25, 0.3) is 0 Å². The molecule has 30 heavy (non-hydrogen) atoms. The van der Waals surface area contributed by atoms with Gasteiger partial charge in [0, 0.05) is 32.8 Å². The molecule has 1 N–H and O–H groups in total. The van der Waals surface area contributed by atoms with Crippen molar-refractivity contribution in [3.8, 4) is 0 Å². The number of piperidine rings is 2. The number of aromatic amines is 1. The highest BCUT2D eigenvalue weighted by molar-refractivity contribution is 5.84. The van der Waals surface area contributed by atoms with Gasteiger partial charge in [0.05, 0.1) is 17.2 Å². The number of amides is 2. The van der Waals surface area contributed by atoms with Crippen molar-refractivity contribution in [3.63, 3.8) is 0 Å². The summed E-state index contributed by atoms with van der Waals surface area (Å²) in [5.74, 6) is -0.0821. The summed E-state index contributed by atoms with van der Waals surface area (Å²) in [5.41, 5.74) is 1.34. The maximum atomic E-state index is 14.0. The van der Waals surface area contributed by atoms with Crippen molar-refractivity contribution in [2.75, 3.05) is 19.6 Å². The zero-order valence-electron chi connectivity index (χ0n) is 17.4. The average Bonchev–Trinajstić information content (AvgIpc) is 3.30. The number of H-pyrrole nitrogens is 1. The van der Waals surface area contributed by atoms with Gasteiger partial charge < -0.3 is 9.80 Å². The summed E-state index contributed by atoms with van der Waals surface area (Å²) in [7, 11) is 0. The Labute approximate surface area is 176 Å². The van der Waals surface area contributed by atoms with Crippen LogP contribution in [0, 0.1) is 11.2 Å². The lowest BCUT2D eigenvalue weighted by Crippen LogP contribution is -2.53. The van der Waals surface area contributed by atoms with Crippen LogP contribution < -0.4 is 0 Å². The lowest BCUT2D eigenvalue weighted by atomic mass is 9.72. The van der Waals surface area contributed by atoms with E-state index in [0.717, 1.165) is 37.1 Å². The molecule has 6 nitrogen and oxygen atoms in total. The van der Waals surface area contributed by atoms with Gasteiger partial charge in [0.15, 0.2) is 0 Å². The molecular weight excluding hydrogens is 383 g/mol. The van der Waals surface area contributed by atoms with Gasteiger partial charge >= 0.3 is 0 Å². The zero-order valence-corrected chi connectivity index (χ0v) is 17.4. The number of hydrogen-bond donors (Lipinski definition) is 1. The third-order valence-electron chi connectivity index (χ3n) is 6.72. The number of nitrogens with zero attached hydrogens (tertiary/aromatic N) is 3. The van der Waals surface area contributed by atoms with Gasteiger partial charge in [-0.2, -0.15) is 5.10 Å². The maximum absolute atomic E-state index is 14.0. The summed E-state index contributed by atoms with van der Waals surface area (Å²) in [4.78, 5) is 29.7. The fraction of sp³-hybridized carbons (Fsp3) is 0.522. The van der Waals surface area contributed by atoms with Gasteiger partial charge in [-0.1, -0.05) is 12.1 Å². The Morgan fingerprint density at radius 1 is 1.13 bits per heavy atom. The van der Waals surface area contributed by atoms with Crippen LogP contribution in [-0.2, 0) is 16.0 Å². The number of nitrogens with one attached hydrogen (secondary N) is 1. The number of rotatable bonds is 4. The quantitative estimate of drug-likeness (QED) is 0.836. The third-order valence-corrected chi connectivity index (χ3v) is 6.72. The summed E-state index contributed by atoms with van der Waals surface area (Å²) in [6, 6.07) is 8.39. The van der Waals surface area contributed by atoms with Gasteiger partial charge in [-0.25, -0.2) is 4.39 Å². The van der Waals surface area contributed by atoms with Crippen LogP contribution in [0.1, 0.15) is 56.3 Å². The topological polar surface area (TPSA) is 69.3 Å². The molecule has 2 aromatic rings. The van der Waals surface area contributed by atoms with E-state index in [-0.39, 0.29) is 23.7 Å². The van der Waals surface area contributed by atoms with Crippen LogP contribution in [0.15, 0.2) is 36.5 Å². The Balaban J connectivity index is 1.63. The molecule has 0 radical (unpaired) electrons. The van der Waals surface area contributed by atoms with Crippen LogP contribution in [0.2, 0.25) is 0 Å². The van der Waals surface area contributed by atoms with Crippen LogP contribution >= 0.6 is 0 Å². The molecule has 0 spiro atoms. The Morgan fingerprint density at radius 2 is 1.87 bits per heavy atom. The van der Waals surface area contributed by atoms with Crippen molar-refractivity contribution in [2.24, 2.45) is 5.41 Å². The highest BCUT2D eigenvalue weighted by atomic mass is 19.1. The highest BCUT2D eigenvalue weighted by Crippen LogP contribution is 2.41. The lowest BCUT2D eigenvalue weighted by Gasteiger charge is -2.46. The number of carbonyl (C=O) groups is 2. The third kappa shape index (κ3) is 4.11. The molecule has 7 heteroatoms. The fourth-order valence-electron chi connectivity index (χ4n) is 4.96. The minimum absolute atomic E-state index is 0.00433. The number of aromatic nitrogens is 2. The van der Waals surface area contributed by atoms with E-state index in [1.165, 1.54) is 12.1 Å². The van der Waals surface area contributed by atoms with Gasteiger partial charge in [-0.15, -0.1) is 0 Å². The number of likely N-dealkylation sites (tertiary alicyclic amines) is 2.